The molecular formula is C61H41NO. The third-order valence-corrected chi connectivity index (χ3v) is 13.0. The minimum absolute atomic E-state index is 0.537. The molecule has 296 valence electrons. The van der Waals surface area contributed by atoms with E-state index >= 15 is 0 Å². The van der Waals surface area contributed by atoms with E-state index in [4.69, 9.17) is 4.42 Å². The summed E-state index contributed by atoms with van der Waals surface area (Å²) in [7, 11) is 0. The fourth-order valence-electron chi connectivity index (χ4n) is 10.2. The molecule has 0 fully saturated rings. The highest BCUT2D eigenvalue weighted by molar-refractivity contribution is 6.07. The summed E-state index contributed by atoms with van der Waals surface area (Å²) in [6.07, 6.45) is 0. The van der Waals surface area contributed by atoms with Gasteiger partial charge < -0.3 is 9.32 Å². The van der Waals surface area contributed by atoms with Crippen LogP contribution < -0.4 is 4.90 Å². The smallest absolute Gasteiger partial charge is 0.136 e. The minimum atomic E-state index is -0.537. The van der Waals surface area contributed by atoms with E-state index in [-0.39, 0.29) is 0 Å². The lowest BCUT2D eigenvalue weighted by molar-refractivity contribution is 0.669. The molecule has 0 N–H and O–H groups in total. The molecule has 0 unspecified atom stereocenters. The van der Waals surface area contributed by atoms with Gasteiger partial charge in [0.05, 0.1) is 16.8 Å². The zero-order valence-electron chi connectivity index (χ0n) is 34.5. The Kier molecular flexibility index (Phi) is 8.76. The van der Waals surface area contributed by atoms with Crippen LogP contribution in [0, 0.1) is 0 Å². The maximum atomic E-state index is 6.48. The van der Waals surface area contributed by atoms with E-state index in [1.165, 1.54) is 44.5 Å². The zero-order chi connectivity index (χ0) is 41.7. The van der Waals surface area contributed by atoms with Crippen LogP contribution in [-0.2, 0) is 5.41 Å². The first-order valence-electron chi connectivity index (χ1n) is 21.7. The third kappa shape index (κ3) is 5.95. The maximum Gasteiger partial charge on any atom is 0.136 e. The third-order valence-electron chi connectivity index (χ3n) is 13.0. The lowest BCUT2D eigenvalue weighted by Crippen LogP contribution is -2.28. The number of furan rings is 1. The largest absolute Gasteiger partial charge is 0.456 e. The molecule has 0 spiro atoms. The standard InChI is InChI=1S/C61H41NO/c1-4-18-42(19-5-1)43-34-36-44(37-35-43)45-20-16-25-49(40-45)62(56-31-14-11-26-50(56)46-38-39-52-51-27-12-15-33-58(51)63-59(52)41-46)57-32-17-30-55-60(57)53-28-10-13-29-54(53)61(55,47-21-6-2-7-22-47)48-23-8-3-9-24-48/h1-41H. The maximum absolute atomic E-state index is 6.48. The topological polar surface area (TPSA) is 16.4 Å². The minimum Gasteiger partial charge on any atom is -0.456 e. The van der Waals surface area contributed by atoms with Crippen molar-refractivity contribution in [1.82, 2.24) is 0 Å². The molecule has 1 aliphatic carbocycles. The lowest BCUT2D eigenvalue weighted by Gasteiger charge is -2.34. The van der Waals surface area contributed by atoms with E-state index in [1.807, 2.05) is 12.1 Å². The van der Waals surface area contributed by atoms with Gasteiger partial charge in [-0.3, -0.25) is 0 Å². The predicted molar refractivity (Wildman–Crippen MR) is 262 cm³/mol. The summed E-state index contributed by atoms with van der Waals surface area (Å²) in [4.78, 5) is 2.49. The average molecular weight is 804 g/mol. The molecule has 0 aliphatic heterocycles. The van der Waals surface area contributed by atoms with Crippen LogP contribution in [0.15, 0.2) is 253 Å². The number of fused-ring (bicyclic) bond motifs is 6. The summed E-state index contributed by atoms with van der Waals surface area (Å²) in [5.41, 5.74) is 18.9. The number of rotatable bonds is 8. The molecule has 11 aromatic rings. The molecule has 1 heterocycles. The Hall–Kier alpha value is -8.20. The second kappa shape index (κ2) is 15.1. The van der Waals surface area contributed by atoms with Gasteiger partial charge >= 0.3 is 0 Å². The van der Waals surface area contributed by atoms with E-state index in [0.29, 0.717) is 0 Å². The number of para-hydroxylation sites is 2. The summed E-state index contributed by atoms with van der Waals surface area (Å²) >= 11 is 0. The summed E-state index contributed by atoms with van der Waals surface area (Å²) in [6.45, 7) is 0. The quantitative estimate of drug-likeness (QED) is 0.152. The molecule has 0 amide bonds. The van der Waals surface area contributed by atoms with Gasteiger partial charge in [0.25, 0.3) is 0 Å². The Labute approximate surface area is 367 Å². The van der Waals surface area contributed by atoms with E-state index in [0.717, 1.165) is 61.3 Å². The monoisotopic (exact) mass is 803 g/mol. The first-order valence-corrected chi connectivity index (χ1v) is 21.7. The van der Waals surface area contributed by atoms with Gasteiger partial charge in [-0.05, 0) is 98.1 Å². The van der Waals surface area contributed by atoms with Gasteiger partial charge in [0, 0.05) is 27.6 Å². The van der Waals surface area contributed by atoms with Crippen LogP contribution in [0.1, 0.15) is 22.3 Å². The van der Waals surface area contributed by atoms with Crippen molar-refractivity contribution in [3.63, 3.8) is 0 Å². The first-order chi connectivity index (χ1) is 31.3. The van der Waals surface area contributed by atoms with Crippen molar-refractivity contribution >= 4 is 39.0 Å². The Morgan fingerprint density at radius 3 is 1.60 bits per heavy atom. The Morgan fingerprint density at radius 2 is 0.841 bits per heavy atom. The molecule has 63 heavy (non-hydrogen) atoms. The average Bonchev–Trinajstić information content (AvgIpc) is 3.89. The van der Waals surface area contributed by atoms with Gasteiger partial charge in [-0.2, -0.15) is 0 Å². The SMILES string of the molecule is c1ccc(-c2ccc(-c3cccc(N(c4ccccc4-c4ccc5c(c4)oc4ccccc45)c4cccc5c4-c4ccccc4C5(c4ccccc4)c4ccccc4)c3)cc2)cc1. The molecule has 1 aliphatic rings. The molecule has 0 radical (unpaired) electrons. The van der Waals surface area contributed by atoms with Crippen LogP contribution in [0.3, 0.4) is 0 Å². The molecule has 0 saturated carbocycles. The Bertz CT molecular complexity index is 3400. The van der Waals surface area contributed by atoms with E-state index < -0.39 is 5.41 Å². The fourth-order valence-corrected chi connectivity index (χ4v) is 10.2. The van der Waals surface area contributed by atoms with Gasteiger partial charge in [-0.15, -0.1) is 0 Å². The summed E-state index contributed by atoms with van der Waals surface area (Å²) in [5.74, 6) is 0. The Morgan fingerprint density at radius 1 is 0.317 bits per heavy atom. The van der Waals surface area contributed by atoms with E-state index in [1.54, 1.807) is 0 Å². The lowest BCUT2D eigenvalue weighted by atomic mass is 9.68. The molecule has 0 atom stereocenters. The van der Waals surface area contributed by atoms with Crippen molar-refractivity contribution in [2.24, 2.45) is 0 Å². The van der Waals surface area contributed by atoms with Crippen LogP contribution in [0.5, 0.6) is 0 Å². The van der Waals surface area contributed by atoms with Crippen LogP contribution in [-0.4, -0.2) is 0 Å². The van der Waals surface area contributed by atoms with Crippen molar-refractivity contribution in [2.45, 2.75) is 5.41 Å². The summed E-state index contributed by atoms with van der Waals surface area (Å²) in [6, 6.07) is 90.3. The van der Waals surface area contributed by atoms with Gasteiger partial charge in [-0.1, -0.05) is 206 Å². The van der Waals surface area contributed by atoms with Crippen molar-refractivity contribution in [3.05, 3.63) is 271 Å². The number of anilines is 3. The number of nitrogens with zero attached hydrogens (tertiary/aromatic N) is 1. The van der Waals surface area contributed by atoms with Crippen LogP contribution in [0.4, 0.5) is 17.1 Å². The molecule has 0 saturated heterocycles. The van der Waals surface area contributed by atoms with Gasteiger partial charge in [0.15, 0.2) is 0 Å². The van der Waals surface area contributed by atoms with Gasteiger partial charge in [-0.25, -0.2) is 0 Å². The molecule has 2 nitrogen and oxygen atoms in total. The van der Waals surface area contributed by atoms with Crippen LogP contribution in [0.25, 0.3) is 66.4 Å². The highest BCUT2D eigenvalue weighted by Crippen LogP contribution is 2.60. The number of benzene rings is 10. The van der Waals surface area contributed by atoms with Crippen LogP contribution >= 0.6 is 0 Å². The second-order valence-corrected chi connectivity index (χ2v) is 16.4. The molecular weight excluding hydrogens is 763 g/mol. The van der Waals surface area contributed by atoms with Gasteiger partial charge in [0.1, 0.15) is 11.2 Å². The highest BCUT2D eigenvalue weighted by Gasteiger charge is 2.47. The van der Waals surface area contributed by atoms with Crippen molar-refractivity contribution in [1.29, 1.82) is 0 Å². The second-order valence-electron chi connectivity index (χ2n) is 16.4. The predicted octanol–water partition coefficient (Wildman–Crippen LogP) is 16.4. The fraction of sp³-hybridized carbons (Fsp3) is 0.0164. The highest BCUT2D eigenvalue weighted by atomic mass is 16.3. The van der Waals surface area contributed by atoms with E-state index in [2.05, 4.69) is 241 Å². The van der Waals surface area contributed by atoms with Crippen molar-refractivity contribution in [3.8, 4) is 44.5 Å². The van der Waals surface area contributed by atoms with Crippen LogP contribution in [0.2, 0.25) is 0 Å². The van der Waals surface area contributed by atoms with E-state index in [9.17, 15) is 0 Å². The molecule has 2 heteroatoms. The number of hydrogen-bond donors (Lipinski definition) is 0. The number of hydrogen-bond acceptors (Lipinski definition) is 2. The normalized spacial score (nSPS) is 12.6. The van der Waals surface area contributed by atoms with Crippen molar-refractivity contribution < 1.29 is 4.42 Å². The molecule has 10 aromatic carbocycles. The summed E-state index contributed by atoms with van der Waals surface area (Å²) < 4.78 is 6.48. The van der Waals surface area contributed by atoms with Gasteiger partial charge in [0.2, 0.25) is 0 Å². The first kappa shape index (κ1) is 36.6. The van der Waals surface area contributed by atoms with Crippen molar-refractivity contribution in [2.75, 3.05) is 4.90 Å². The Balaban J connectivity index is 1.11. The molecule has 1 aromatic heterocycles. The molecule has 0 bridgehead atoms. The molecule has 12 rings (SSSR count). The zero-order valence-corrected chi connectivity index (χ0v) is 34.5. The summed E-state index contributed by atoms with van der Waals surface area (Å²) in [5, 5.41) is 2.24.